The van der Waals surface area contributed by atoms with Crippen molar-refractivity contribution in [1.82, 2.24) is 10.3 Å². The summed E-state index contributed by atoms with van der Waals surface area (Å²) in [5.41, 5.74) is 0.193. The highest BCUT2D eigenvalue weighted by Gasteiger charge is 2.44. The molecule has 1 saturated heterocycles. The van der Waals surface area contributed by atoms with Gasteiger partial charge in [-0.3, -0.25) is 24.4 Å². The van der Waals surface area contributed by atoms with Crippen LogP contribution < -0.4 is 5.32 Å². The number of aromatic nitrogens is 1. The third-order valence-electron chi connectivity index (χ3n) is 3.95. The van der Waals surface area contributed by atoms with Crippen molar-refractivity contribution in [2.75, 3.05) is 0 Å². The van der Waals surface area contributed by atoms with Gasteiger partial charge in [-0.15, -0.1) is 0 Å². The first kappa shape index (κ1) is 19.3. The Balaban J connectivity index is 2.47. The number of aliphatic carboxylic acids is 2. The summed E-state index contributed by atoms with van der Waals surface area (Å²) in [4.78, 5) is 44.2. The smallest absolute Gasteiger partial charge is 0.469 e. The number of rotatable bonds is 6. The molecule has 0 spiro atoms. The van der Waals surface area contributed by atoms with Gasteiger partial charge < -0.3 is 25.1 Å². The highest BCUT2D eigenvalue weighted by molar-refractivity contribution is 7.46. The van der Waals surface area contributed by atoms with Gasteiger partial charge in [0.05, 0.1) is 24.3 Å². The van der Waals surface area contributed by atoms with E-state index in [4.69, 9.17) is 14.9 Å². The van der Waals surface area contributed by atoms with E-state index in [9.17, 15) is 24.4 Å². The van der Waals surface area contributed by atoms with Crippen molar-refractivity contribution in [3.63, 3.8) is 0 Å². The Bertz CT molecular complexity index is 747. The summed E-state index contributed by atoms with van der Waals surface area (Å²) in [5, 5.41) is 31.4. The lowest BCUT2D eigenvalue weighted by Crippen LogP contribution is -2.32. The van der Waals surface area contributed by atoms with Crippen LogP contribution in [0.5, 0.6) is 5.75 Å². The number of hydrogen-bond acceptors (Lipinski definition) is 7. The Labute approximate surface area is 141 Å². The number of hydrogen-bond donors (Lipinski definition) is 6. The van der Waals surface area contributed by atoms with Crippen LogP contribution in [0.2, 0.25) is 0 Å². The van der Waals surface area contributed by atoms with E-state index in [1.54, 1.807) is 0 Å². The molecule has 12 heteroatoms. The number of phosphoric ester groups is 1. The number of aryl methyl sites for hydroxylation is 1. The molecule has 0 amide bonds. The number of carboxylic acids is 2. The lowest BCUT2D eigenvalue weighted by Gasteiger charge is -2.22. The van der Waals surface area contributed by atoms with Crippen LogP contribution in [-0.2, 0) is 25.3 Å². The van der Waals surface area contributed by atoms with Crippen LogP contribution in [-0.4, -0.2) is 48.1 Å². The molecular formula is C13H17N2O9P. The van der Waals surface area contributed by atoms with Crippen molar-refractivity contribution in [2.45, 2.75) is 32.0 Å². The molecule has 0 saturated carbocycles. The predicted octanol–water partition coefficient (Wildman–Crippen LogP) is -0.107. The van der Waals surface area contributed by atoms with Gasteiger partial charge in [0.2, 0.25) is 0 Å². The standard InChI is InChI=1S/C13H17N2O9P/c1-5-11(16)9(6(3-14-5)4-24-25(21,22)23)10-7(12(17)18)2-8(15-10)13(19)20/h3,7-8,10,15-16H,2,4H2,1H3,(H,17,18)(H,19,20)(H2,21,22,23). The Morgan fingerprint density at radius 1 is 1.36 bits per heavy atom. The molecule has 6 N–H and O–H groups in total. The first-order valence-corrected chi connectivity index (χ1v) is 8.63. The van der Waals surface area contributed by atoms with Gasteiger partial charge in [-0.25, -0.2) is 4.57 Å². The third kappa shape index (κ3) is 4.33. The Morgan fingerprint density at radius 3 is 2.52 bits per heavy atom. The minimum Gasteiger partial charge on any atom is -0.506 e. The molecule has 25 heavy (non-hydrogen) atoms. The topological polar surface area (TPSA) is 187 Å². The lowest BCUT2D eigenvalue weighted by atomic mass is 9.90. The SMILES string of the molecule is Cc1ncc(COP(=O)(O)O)c(C2NC(C(=O)O)CC2C(=O)O)c1O. The molecule has 0 aliphatic carbocycles. The minimum absolute atomic E-state index is 0.00269. The molecule has 0 aromatic carbocycles. The molecule has 2 heterocycles. The summed E-state index contributed by atoms with van der Waals surface area (Å²) >= 11 is 0. The summed E-state index contributed by atoms with van der Waals surface area (Å²) in [6, 6.07) is -2.23. The quantitative estimate of drug-likeness (QED) is 0.364. The molecule has 11 nitrogen and oxygen atoms in total. The summed E-state index contributed by atoms with van der Waals surface area (Å²) in [6.45, 7) is 0.814. The number of nitrogens with zero attached hydrogens (tertiary/aromatic N) is 1. The zero-order chi connectivity index (χ0) is 18.9. The number of pyridine rings is 1. The van der Waals surface area contributed by atoms with Gasteiger partial charge in [-0.1, -0.05) is 0 Å². The fourth-order valence-corrected chi connectivity index (χ4v) is 3.07. The van der Waals surface area contributed by atoms with Crippen molar-refractivity contribution in [3.05, 3.63) is 23.0 Å². The van der Waals surface area contributed by atoms with E-state index in [2.05, 4.69) is 14.8 Å². The van der Waals surface area contributed by atoms with Crippen LogP contribution in [0.3, 0.4) is 0 Å². The van der Waals surface area contributed by atoms with Crippen LogP contribution in [0.15, 0.2) is 6.20 Å². The van der Waals surface area contributed by atoms with E-state index in [1.165, 1.54) is 13.1 Å². The van der Waals surface area contributed by atoms with Gasteiger partial charge in [0.15, 0.2) is 0 Å². The van der Waals surface area contributed by atoms with Crippen molar-refractivity contribution < 1.29 is 43.8 Å². The third-order valence-corrected chi connectivity index (χ3v) is 4.41. The normalized spacial score (nSPS) is 23.6. The molecule has 3 unspecified atom stereocenters. The summed E-state index contributed by atoms with van der Waals surface area (Å²) in [6.07, 6.45) is 0.976. The molecule has 2 rings (SSSR count). The van der Waals surface area contributed by atoms with Crippen molar-refractivity contribution in [2.24, 2.45) is 5.92 Å². The molecule has 1 aliphatic rings. The van der Waals surface area contributed by atoms with Crippen LogP contribution >= 0.6 is 7.82 Å². The fourth-order valence-electron chi connectivity index (χ4n) is 2.76. The minimum atomic E-state index is -4.81. The van der Waals surface area contributed by atoms with E-state index in [1.807, 2.05) is 0 Å². The van der Waals surface area contributed by atoms with E-state index >= 15 is 0 Å². The lowest BCUT2D eigenvalue weighted by molar-refractivity contribution is -0.142. The highest BCUT2D eigenvalue weighted by Crippen LogP contribution is 2.42. The van der Waals surface area contributed by atoms with Gasteiger partial charge in [-0.2, -0.15) is 0 Å². The van der Waals surface area contributed by atoms with Gasteiger partial charge >= 0.3 is 19.8 Å². The zero-order valence-corrected chi connectivity index (χ0v) is 13.9. The molecular weight excluding hydrogens is 359 g/mol. The average molecular weight is 376 g/mol. The number of aromatic hydroxyl groups is 1. The zero-order valence-electron chi connectivity index (χ0n) is 13.0. The van der Waals surface area contributed by atoms with Gasteiger partial charge in [0.1, 0.15) is 11.8 Å². The van der Waals surface area contributed by atoms with Crippen molar-refractivity contribution in [1.29, 1.82) is 0 Å². The molecule has 0 bridgehead atoms. The molecule has 1 fully saturated rings. The predicted molar refractivity (Wildman–Crippen MR) is 80.5 cm³/mol. The average Bonchev–Trinajstić information content (AvgIpc) is 2.92. The number of carbonyl (C=O) groups is 2. The molecule has 1 aromatic heterocycles. The first-order chi connectivity index (χ1) is 11.5. The Kier molecular flexibility index (Phi) is 5.45. The second-order valence-corrected chi connectivity index (χ2v) is 6.85. The van der Waals surface area contributed by atoms with Gasteiger partial charge in [-0.05, 0) is 13.3 Å². The monoisotopic (exact) mass is 376 g/mol. The maximum atomic E-state index is 11.5. The summed E-state index contributed by atoms with van der Waals surface area (Å²) in [7, 11) is -4.81. The van der Waals surface area contributed by atoms with Crippen LogP contribution in [0.4, 0.5) is 0 Å². The van der Waals surface area contributed by atoms with E-state index in [0.717, 1.165) is 0 Å². The second-order valence-electron chi connectivity index (χ2n) is 5.61. The highest BCUT2D eigenvalue weighted by atomic mass is 31.2. The molecule has 1 aliphatic heterocycles. The molecule has 138 valence electrons. The van der Waals surface area contributed by atoms with Gasteiger partial charge in [0.25, 0.3) is 0 Å². The molecule has 1 aromatic rings. The van der Waals surface area contributed by atoms with Crippen LogP contribution in [0.25, 0.3) is 0 Å². The number of carboxylic acid groups (broad SMARTS) is 2. The number of nitrogens with one attached hydrogen (secondary N) is 1. The first-order valence-electron chi connectivity index (χ1n) is 7.10. The van der Waals surface area contributed by atoms with Crippen LogP contribution in [0.1, 0.15) is 29.3 Å². The summed E-state index contributed by atoms with van der Waals surface area (Å²) < 4.78 is 15.3. The molecule has 3 atom stereocenters. The van der Waals surface area contributed by atoms with Crippen molar-refractivity contribution >= 4 is 19.8 Å². The van der Waals surface area contributed by atoms with E-state index < -0.39 is 44.4 Å². The van der Waals surface area contributed by atoms with Crippen molar-refractivity contribution in [3.8, 4) is 5.75 Å². The van der Waals surface area contributed by atoms with E-state index in [-0.39, 0.29) is 29.0 Å². The number of phosphoric acid groups is 1. The maximum Gasteiger partial charge on any atom is 0.469 e. The Hall–Kier alpha value is -2.04. The summed E-state index contributed by atoms with van der Waals surface area (Å²) in [5.74, 6) is -4.06. The van der Waals surface area contributed by atoms with Gasteiger partial charge in [0, 0.05) is 17.3 Å². The largest absolute Gasteiger partial charge is 0.506 e. The van der Waals surface area contributed by atoms with Crippen LogP contribution in [0, 0.1) is 12.8 Å². The molecule has 0 radical (unpaired) electrons. The Morgan fingerprint density at radius 2 is 2.00 bits per heavy atom. The fraction of sp³-hybridized carbons (Fsp3) is 0.462. The second kappa shape index (κ2) is 7.06. The van der Waals surface area contributed by atoms with E-state index in [0.29, 0.717) is 0 Å². The maximum absolute atomic E-state index is 11.5.